The third-order valence-electron chi connectivity index (χ3n) is 14.3. The van der Waals surface area contributed by atoms with Crippen LogP contribution in [0.3, 0.4) is 0 Å². The van der Waals surface area contributed by atoms with E-state index < -0.39 is 11.7 Å². The minimum atomic E-state index is -4.97. The second-order valence-corrected chi connectivity index (χ2v) is 18.6. The van der Waals surface area contributed by atoms with Gasteiger partial charge in [-0.05, 0) is 105 Å². The minimum Gasteiger partial charge on any atom is -0.309 e. The lowest BCUT2D eigenvalue weighted by Crippen LogP contribution is -2.11. The van der Waals surface area contributed by atoms with Crippen molar-refractivity contribution in [2.24, 2.45) is 0 Å². The highest BCUT2D eigenvalue weighted by Crippen LogP contribution is 2.51. The van der Waals surface area contributed by atoms with E-state index in [1.54, 1.807) is 60.7 Å². The predicted octanol–water partition coefficient (Wildman–Crippen LogP) is 18.5. The van der Waals surface area contributed by atoms with Gasteiger partial charge in [-0.15, -0.1) is 0 Å². The molecule has 78 heavy (non-hydrogen) atoms. The average Bonchev–Trinajstić information content (AvgIpc) is 4.21. The molecule has 362 valence electrons. The van der Waals surface area contributed by atoms with Crippen LogP contribution in [0.1, 0.15) is 22.3 Å². The molecule has 0 fully saturated rings. The lowest BCUT2D eigenvalue weighted by atomic mass is 9.92. The van der Waals surface area contributed by atoms with Crippen molar-refractivity contribution in [1.82, 2.24) is 9.13 Å². The monoisotopic (exact) mass is 1010 g/mol. The Morgan fingerprint density at radius 3 is 1.00 bits per heavy atom. The summed E-state index contributed by atoms with van der Waals surface area (Å²) in [5, 5.41) is 33.6. The quantitative estimate of drug-likeness (QED) is 0.149. The van der Waals surface area contributed by atoms with Crippen molar-refractivity contribution < 1.29 is 13.2 Å². The van der Waals surface area contributed by atoms with E-state index in [2.05, 4.69) is 32.7 Å². The van der Waals surface area contributed by atoms with Crippen LogP contribution >= 0.6 is 0 Å². The van der Waals surface area contributed by atoms with Crippen LogP contribution in [0.5, 0.6) is 0 Å². The molecule has 0 aliphatic rings. The van der Waals surface area contributed by atoms with E-state index in [1.165, 1.54) is 12.1 Å². The maximum absolute atomic E-state index is 16.1. The molecule has 0 unspecified atom stereocenters. The van der Waals surface area contributed by atoms with Crippen molar-refractivity contribution in [3.8, 4) is 85.2 Å². The molecule has 8 nitrogen and oxygen atoms in total. The molecular formula is C67H33F3N8. The fraction of sp³-hybridized carbons (Fsp3) is 0.0149. The number of nitriles is 3. The molecule has 0 saturated heterocycles. The van der Waals surface area contributed by atoms with Gasteiger partial charge in [0.05, 0.1) is 93.6 Å². The Morgan fingerprint density at radius 2 is 0.692 bits per heavy atom. The van der Waals surface area contributed by atoms with E-state index >= 15 is 13.2 Å². The van der Waals surface area contributed by atoms with Crippen LogP contribution in [0.2, 0.25) is 0 Å². The van der Waals surface area contributed by atoms with Crippen molar-refractivity contribution in [3.05, 3.63) is 257 Å². The van der Waals surface area contributed by atoms with E-state index in [0.29, 0.717) is 44.6 Å². The van der Waals surface area contributed by atoms with Crippen LogP contribution in [-0.4, -0.2) is 9.13 Å². The number of hydrogen-bond acceptors (Lipinski definition) is 3. The summed E-state index contributed by atoms with van der Waals surface area (Å²) in [5.41, 5.74) is 9.10. The largest absolute Gasteiger partial charge is 0.415 e. The standard InChI is InChI=1S/C67H33F3N8/c1-74-51-23-15-45(16-24-51)49-21-29-55-56-30-22-50(46-17-25-52(75-2)26-18-46)36-62(56)78(61(55)35-49)64-32-42(39-73)31-63(66(64)65-57(67(68,69)70)5-4-6-58(65)76-3)77-59-33-47(43-11-7-40(37-71)8-12-43)19-27-53(59)54-28-20-48(34-60(54)77)44-13-9-41(38-72)10-14-44/h4-36H. The summed E-state index contributed by atoms with van der Waals surface area (Å²) >= 11 is 0. The Bertz CT molecular complexity index is 4260. The van der Waals surface area contributed by atoms with Gasteiger partial charge in [-0.1, -0.05) is 140 Å². The normalized spacial score (nSPS) is 11.2. The Labute approximate surface area is 444 Å². The van der Waals surface area contributed by atoms with Gasteiger partial charge >= 0.3 is 6.18 Å². The van der Waals surface area contributed by atoms with Crippen LogP contribution in [-0.2, 0) is 6.18 Å². The Balaban J connectivity index is 1.28. The molecule has 0 N–H and O–H groups in total. The lowest BCUT2D eigenvalue weighted by molar-refractivity contribution is -0.137. The highest BCUT2D eigenvalue weighted by molar-refractivity contribution is 6.14. The zero-order valence-electron chi connectivity index (χ0n) is 40.8. The molecule has 10 aromatic carbocycles. The number of nitrogens with zero attached hydrogens (tertiary/aromatic N) is 8. The van der Waals surface area contributed by atoms with Gasteiger partial charge in [-0.2, -0.15) is 29.0 Å². The van der Waals surface area contributed by atoms with Gasteiger partial charge in [-0.25, -0.2) is 14.5 Å². The smallest absolute Gasteiger partial charge is 0.309 e. The molecule has 0 radical (unpaired) electrons. The number of rotatable bonds is 7. The highest BCUT2D eigenvalue weighted by atomic mass is 19.4. The zero-order chi connectivity index (χ0) is 53.8. The molecule has 11 heteroatoms. The number of fused-ring (bicyclic) bond motifs is 6. The third-order valence-corrected chi connectivity index (χ3v) is 14.3. The van der Waals surface area contributed by atoms with E-state index in [4.69, 9.17) is 19.7 Å². The summed E-state index contributed by atoms with van der Waals surface area (Å²) in [5.74, 6) is 0. The molecule has 0 aliphatic heterocycles. The van der Waals surface area contributed by atoms with Crippen LogP contribution in [0.4, 0.5) is 30.2 Å². The first-order valence-corrected chi connectivity index (χ1v) is 24.3. The van der Waals surface area contributed by atoms with Gasteiger partial charge in [-0.3, -0.25) is 0 Å². The number of aromatic nitrogens is 2. The maximum Gasteiger partial charge on any atom is 0.415 e. The summed E-state index contributed by atoms with van der Waals surface area (Å²) < 4.78 is 52.0. The van der Waals surface area contributed by atoms with Gasteiger partial charge in [0.1, 0.15) is 0 Å². The number of benzene rings is 10. The minimum absolute atomic E-state index is 0.0247. The van der Waals surface area contributed by atoms with Crippen molar-refractivity contribution in [3.63, 3.8) is 0 Å². The predicted molar refractivity (Wildman–Crippen MR) is 300 cm³/mol. The number of halogens is 3. The molecule has 0 amide bonds. The molecule has 12 rings (SSSR count). The van der Waals surface area contributed by atoms with E-state index in [0.717, 1.165) is 72.1 Å². The van der Waals surface area contributed by atoms with Gasteiger partial charge in [0.25, 0.3) is 0 Å². The molecule has 2 heterocycles. The summed E-state index contributed by atoms with van der Waals surface area (Å²) in [4.78, 5) is 11.0. The van der Waals surface area contributed by atoms with Crippen molar-refractivity contribution >= 4 is 60.7 Å². The van der Waals surface area contributed by atoms with Gasteiger partial charge in [0, 0.05) is 32.7 Å². The van der Waals surface area contributed by atoms with Crippen molar-refractivity contribution in [2.75, 3.05) is 0 Å². The maximum atomic E-state index is 16.1. The van der Waals surface area contributed by atoms with Crippen molar-refractivity contribution in [1.29, 1.82) is 15.8 Å². The molecular weight excluding hydrogens is 974 g/mol. The first kappa shape index (κ1) is 47.5. The average molecular weight is 1010 g/mol. The van der Waals surface area contributed by atoms with Gasteiger partial charge in [0.2, 0.25) is 0 Å². The Hall–Kier alpha value is -11.5. The molecule has 0 aliphatic carbocycles. The van der Waals surface area contributed by atoms with Crippen LogP contribution in [0.15, 0.2) is 200 Å². The summed E-state index contributed by atoms with van der Waals surface area (Å²) in [6.45, 7) is 23.7. The van der Waals surface area contributed by atoms with E-state index in [9.17, 15) is 15.8 Å². The molecule has 0 bridgehead atoms. The molecule has 2 aromatic heterocycles. The molecule has 0 atom stereocenters. The Morgan fingerprint density at radius 1 is 0.359 bits per heavy atom. The zero-order valence-corrected chi connectivity index (χ0v) is 40.8. The molecule has 0 spiro atoms. The first-order chi connectivity index (χ1) is 38.0. The number of alkyl halides is 3. The van der Waals surface area contributed by atoms with E-state index in [1.807, 2.05) is 130 Å². The molecule has 0 saturated carbocycles. The Kier molecular flexibility index (Phi) is 11.4. The van der Waals surface area contributed by atoms with E-state index in [-0.39, 0.29) is 33.8 Å². The number of hydrogen-bond donors (Lipinski definition) is 0. The first-order valence-electron chi connectivity index (χ1n) is 24.3. The second kappa shape index (κ2) is 18.8. The van der Waals surface area contributed by atoms with Crippen LogP contribution < -0.4 is 0 Å². The summed E-state index contributed by atoms with van der Waals surface area (Å²) in [6, 6.07) is 65.4. The van der Waals surface area contributed by atoms with Gasteiger partial charge < -0.3 is 9.13 Å². The fourth-order valence-electron chi connectivity index (χ4n) is 10.6. The second-order valence-electron chi connectivity index (χ2n) is 18.6. The summed E-state index contributed by atoms with van der Waals surface area (Å²) in [7, 11) is 0. The molecule has 12 aromatic rings. The third kappa shape index (κ3) is 7.99. The lowest BCUT2D eigenvalue weighted by Gasteiger charge is -2.24. The van der Waals surface area contributed by atoms with Crippen molar-refractivity contribution in [2.45, 2.75) is 6.18 Å². The topological polar surface area (TPSA) is 94.3 Å². The fourth-order valence-corrected chi connectivity index (χ4v) is 10.6. The summed E-state index contributed by atoms with van der Waals surface area (Å²) in [6.07, 6.45) is -4.97. The highest BCUT2D eigenvalue weighted by Gasteiger charge is 2.37. The van der Waals surface area contributed by atoms with Gasteiger partial charge in [0.15, 0.2) is 17.1 Å². The van der Waals surface area contributed by atoms with Crippen LogP contribution in [0.25, 0.3) is 125 Å². The SMILES string of the molecule is [C-]#[N+]c1ccc(-c2ccc3c4ccc(-c5ccc([N+]#[C-])cc5)cc4n(-c4cc(C#N)cc(-n5c6cc(-c7ccc(C#N)cc7)ccc6c6ccc(-c7ccc(C#N)cc7)cc65)c4-c4c([N+]#[C-])cccc4C(F)(F)F)c3c2)cc1. The van der Waals surface area contributed by atoms with Crippen LogP contribution in [0, 0.1) is 53.7 Å².